The number of hydrogen-bond acceptors (Lipinski definition) is 2. The van der Waals surface area contributed by atoms with Crippen molar-refractivity contribution in [2.45, 2.75) is 44.1 Å². The lowest BCUT2D eigenvalue weighted by molar-refractivity contribution is 0.0442. The van der Waals surface area contributed by atoms with Gasteiger partial charge in [0, 0.05) is 18.7 Å². The highest BCUT2D eigenvalue weighted by Gasteiger charge is 2.30. The molecule has 1 amide bonds. The summed E-state index contributed by atoms with van der Waals surface area (Å²) in [6.45, 7) is 0.752. The number of ether oxygens (including phenoxy) is 1. The van der Waals surface area contributed by atoms with Gasteiger partial charge < -0.3 is 4.74 Å². The van der Waals surface area contributed by atoms with Gasteiger partial charge in [-0.1, -0.05) is 42.8 Å². The maximum absolute atomic E-state index is 12.1. The molecule has 2 aliphatic rings. The van der Waals surface area contributed by atoms with Gasteiger partial charge in [0.05, 0.1) is 0 Å². The first kappa shape index (κ1) is 13.2. The van der Waals surface area contributed by atoms with Crippen molar-refractivity contribution < 1.29 is 9.53 Å². The molecular weight excluding hydrogens is 250 g/mol. The van der Waals surface area contributed by atoms with Crippen molar-refractivity contribution in [2.75, 3.05) is 6.54 Å². The molecule has 0 aromatic heterocycles. The van der Waals surface area contributed by atoms with Crippen LogP contribution in [0.3, 0.4) is 0 Å². The van der Waals surface area contributed by atoms with Gasteiger partial charge in [-0.2, -0.15) is 0 Å². The molecule has 3 nitrogen and oxygen atoms in total. The number of carbonyl (C=O) groups excluding carboxylic acids is 1. The Bertz CT molecular complexity index is 483. The third-order valence-corrected chi connectivity index (χ3v) is 4.24. The summed E-state index contributed by atoms with van der Waals surface area (Å²) < 4.78 is 5.78. The zero-order valence-electron chi connectivity index (χ0n) is 11.7. The van der Waals surface area contributed by atoms with E-state index in [0.29, 0.717) is 5.92 Å². The van der Waals surface area contributed by atoms with Crippen LogP contribution in [0.1, 0.15) is 43.6 Å². The van der Waals surface area contributed by atoms with Crippen molar-refractivity contribution in [1.29, 1.82) is 0 Å². The molecule has 3 heteroatoms. The molecule has 2 atom stereocenters. The van der Waals surface area contributed by atoms with E-state index in [9.17, 15) is 4.79 Å². The fourth-order valence-corrected chi connectivity index (χ4v) is 3.16. The van der Waals surface area contributed by atoms with Crippen LogP contribution in [0, 0.1) is 0 Å². The lowest BCUT2D eigenvalue weighted by atomic mass is 9.81. The Morgan fingerprint density at radius 1 is 1.15 bits per heavy atom. The van der Waals surface area contributed by atoms with Crippen LogP contribution in [0.5, 0.6) is 0 Å². The van der Waals surface area contributed by atoms with E-state index in [1.165, 1.54) is 12.0 Å². The molecule has 1 aliphatic carbocycles. The van der Waals surface area contributed by atoms with Crippen molar-refractivity contribution in [3.8, 4) is 0 Å². The Morgan fingerprint density at radius 3 is 2.70 bits per heavy atom. The van der Waals surface area contributed by atoms with E-state index < -0.39 is 0 Å². The van der Waals surface area contributed by atoms with Crippen molar-refractivity contribution in [2.24, 2.45) is 0 Å². The van der Waals surface area contributed by atoms with Gasteiger partial charge in [-0.3, -0.25) is 4.90 Å². The molecule has 20 heavy (non-hydrogen) atoms. The number of benzene rings is 1. The van der Waals surface area contributed by atoms with E-state index in [-0.39, 0.29) is 12.2 Å². The van der Waals surface area contributed by atoms with E-state index in [1.54, 1.807) is 4.90 Å². The van der Waals surface area contributed by atoms with Gasteiger partial charge in [-0.15, -0.1) is 0 Å². The topological polar surface area (TPSA) is 29.5 Å². The summed E-state index contributed by atoms with van der Waals surface area (Å²) in [6, 6.07) is 10.4. The number of hydrogen-bond donors (Lipinski definition) is 0. The highest BCUT2D eigenvalue weighted by molar-refractivity contribution is 5.69. The molecule has 0 bridgehead atoms. The van der Waals surface area contributed by atoms with Crippen LogP contribution < -0.4 is 0 Å². The van der Waals surface area contributed by atoms with E-state index >= 15 is 0 Å². The van der Waals surface area contributed by atoms with Gasteiger partial charge in [-0.25, -0.2) is 4.79 Å². The summed E-state index contributed by atoms with van der Waals surface area (Å²) in [4.78, 5) is 13.8. The minimum atomic E-state index is -0.188. The van der Waals surface area contributed by atoms with Crippen molar-refractivity contribution >= 4 is 6.09 Å². The van der Waals surface area contributed by atoms with Crippen molar-refractivity contribution in [1.82, 2.24) is 4.90 Å². The van der Waals surface area contributed by atoms with Crippen LogP contribution in [0.15, 0.2) is 42.6 Å². The highest BCUT2D eigenvalue weighted by Crippen LogP contribution is 2.35. The van der Waals surface area contributed by atoms with E-state index in [1.807, 2.05) is 18.3 Å². The molecular formula is C17H21NO2. The summed E-state index contributed by atoms with van der Waals surface area (Å²) in [7, 11) is 0. The van der Waals surface area contributed by atoms with Gasteiger partial charge >= 0.3 is 6.09 Å². The number of amides is 1. The first-order valence-corrected chi connectivity index (χ1v) is 7.53. The van der Waals surface area contributed by atoms with Gasteiger partial charge in [0.1, 0.15) is 6.10 Å². The molecule has 1 aromatic carbocycles. The van der Waals surface area contributed by atoms with E-state index in [0.717, 1.165) is 32.2 Å². The van der Waals surface area contributed by atoms with Crippen LogP contribution >= 0.6 is 0 Å². The maximum Gasteiger partial charge on any atom is 0.414 e. The molecule has 0 unspecified atom stereocenters. The summed E-state index contributed by atoms with van der Waals surface area (Å²) in [5.41, 5.74) is 1.29. The molecule has 1 saturated carbocycles. The van der Waals surface area contributed by atoms with Crippen LogP contribution in [-0.2, 0) is 4.74 Å². The predicted octanol–water partition coefficient (Wildman–Crippen LogP) is 4.07. The number of nitrogens with zero attached hydrogens (tertiary/aromatic N) is 1. The summed E-state index contributed by atoms with van der Waals surface area (Å²) in [5, 5.41) is 0. The third kappa shape index (κ3) is 2.87. The zero-order valence-corrected chi connectivity index (χ0v) is 11.7. The lowest BCUT2D eigenvalue weighted by Gasteiger charge is -2.32. The Kier molecular flexibility index (Phi) is 4.05. The van der Waals surface area contributed by atoms with Gasteiger partial charge in [0.25, 0.3) is 0 Å². The minimum Gasteiger partial charge on any atom is -0.445 e. The number of carbonyl (C=O) groups is 1. The number of rotatable bonds is 2. The van der Waals surface area contributed by atoms with Gasteiger partial charge in [0.2, 0.25) is 0 Å². The highest BCUT2D eigenvalue weighted by atomic mass is 16.6. The molecule has 1 heterocycles. The SMILES string of the molecule is O=C(O[C@@H]1CCCC[C@H]1c1ccccc1)N1C=CCC1. The molecule has 0 spiro atoms. The largest absolute Gasteiger partial charge is 0.445 e. The molecule has 0 radical (unpaired) electrons. The molecule has 0 saturated heterocycles. The average Bonchev–Trinajstić information content (AvgIpc) is 3.03. The Balaban J connectivity index is 1.69. The Labute approximate surface area is 120 Å². The first-order valence-electron chi connectivity index (χ1n) is 7.53. The van der Waals surface area contributed by atoms with Crippen LogP contribution in [0.4, 0.5) is 4.79 Å². The molecule has 1 fully saturated rings. The second-order valence-corrected chi connectivity index (χ2v) is 5.59. The van der Waals surface area contributed by atoms with Gasteiger partial charge in [-0.05, 0) is 31.2 Å². The van der Waals surface area contributed by atoms with Crippen molar-refractivity contribution in [3.05, 3.63) is 48.2 Å². The monoisotopic (exact) mass is 271 g/mol. The molecule has 0 N–H and O–H groups in total. The second-order valence-electron chi connectivity index (χ2n) is 5.59. The predicted molar refractivity (Wildman–Crippen MR) is 78.4 cm³/mol. The Morgan fingerprint density at radius 2 is 1.95 bits per heavy atom. The van der Waals surface area contributed by atoms with Crippen LogP contribution in [0.25, 0.3) is 0 Å². The van der Waals surface area contributed by atoms with Crippen LogP contribution in [0.2, 0.25) is 0 Å². The summed E-state index contributed by atoms with van der Waals surface area (Å²) in [6.07, 6.45) is 9.07. The first-order chi connectivity index (χ1) is 9.84. The van der Waals surface area contributed by atoms with Crippen molar-refractivity contribution in [3.63, 3.8) is 0 Å². The van der Waals surface area contributed by atoms with E-state index in [2.05, 4.69) is 24.3 Å². The van der Waals surface area contributed by atoms with Gasteiger partial charge in [0.15, 0.2) is 0 Å². The van der Waals surface area contributed by atoms with Crippen LogP contribution in [-0.4, -0.2) is 23.6 Å². The quantitative estimate of drug-likeness (QED) is 0.811. The zero-order chi connectivity index (χ0) is 13.8. The maximum atomic E-state index is 12.1. The molecule has 1 aromatic rings. The normalized spacial score (nSPS) is 25.7. The molecule has 1 aliphatic heterocycles. The smallest absolute Gasteiger partial charge is 0.414 e. The summed E-state index contributed by atoms with van der Waals surface area (Å²) >= 11 is 0. The fraction of sp³-hybridized carbons (Fsp3) is 0.471. The second kappa shape index (κ2) is 6.12. The molecule has 106 valence electrons. The minimum absolute atomic E-state index is 0.0210. The average molecular weight is 271 g/mol. The molecule has 3 rings (SSSR count). The fourth-order valence-electron chi connectivity index (χ4n) is 3.16. The Hall–Kier alpha value is -1.77. The lowest BCUT2D eigenvalue weighted by Crippen LogP contribution is -2.34. The van der Waals surface area contributed by atoms with E-state index in [4.69, 9.17) is 4.74 Å². The third-order valence-electron chi connectivity index (χ3n) is 4.24. The standard InChI is InChI=1S/C17H21NO2/c19-17(18-12-6-7-13-18)20-16-11-5-4-10-15(16)14-8-2-1-3-9-14/h1-3,6,8-9,12,15-16H,4-5,7,10-11,13H2/t15-,16+/m0/s1. The summed E-state index contributed by atoms with van der Waals surface area (Å²) in [5.74, 6) is 0.348.